The zero-order valence-electron chi connectivity index (χ0n) is 9.35. The molecule has 0 saturated heterocycles. The summed E-state index contributed by atoms with van der Waals surface area (Å²) in [4.78, 5) is 11.0. The topological polar surface area (TPSA) is 76.4 Å². The molecule has 1 rings (SSSR count). The van der Waals surface area contributed by atoms with Crippen LogP contribution in [0.3, 0.4) is 0 Å². The van der Waals surface area contributed by atoms with Gasteiger partial charge in [-0.05, 0) is 6.92 Å². The number of rotatable bonds is 7. The van der Waals surface area contributed by atoms with E-state index in [1.54, 1.807) is 17.8 Å². The largest absolute Gasteiger partial charge is 0.465 e. The lowest BCUT2D eigenvalue weighted by Crippen LogP contribution is -2.24. The van der Waals surface area contributed by atoms with E-state index in [0.717, 1.165) is 5.56 Å². The molecule has 0 radical (unpaired) electrons. The van der Waals surface area contributed by atoms with Crippen LogP contribution in [0.15, 0.2) is 12.4 Å². The zero-order valence-corrected chi connectivity index (χ0v) is 9.35. The van der Waals surface area contributed by atoms with Crippen molar-refractivity contribution in [3.05, 3.63) is 18.0 Å². The molecule has 6 heteroatoms. The van der Waals surface area contributed by atoms with Gasteiger partial charge in [0.15, 0.2) is 0 Å². The van der Waals surface area contributed by atoms with Gasteiger partial charge in [0, 0.05) is 18.3 Å². The average Bonchev–Trinajstić information content (AvgIpc) is 2.67. The smallest absolute Gasteiger partial charge is 0.319 e. The monoisotopic (exact) mass is 227 g/mol. The van der Waals surface area contributed by atoms with E-state index in [-0.39, 0.29) is 19.1 Å². The van der Waals surface area contributed by atoms with E-state index in [1.807, 2.05) is 6.20 Å². The van der Waals surface area contributed by atoms with Gasteiger partial charge in [0.05, 0.1) is 32.5 Å². The second-order valence-electron chi connectivity index (χ2n) is 3.24. The van der Waals surface area contributed by atoms with Gasteiger partial charge in [-0.1, -0.05) is 0 Å². The summed E-state index contributed by atoms with van der Waals surface area (Å²) in [6, 6.07) is 0. The van der Waals surface area contributed by atoms with Crippen LogP contribution >= 0.6 is 0 Å². The zero-order chi connectivity index (χ0) is 11.8. The van der Waals surface area contributed by atoms with E-state index < -0.39 is 0 Å². The van der Waals surface area contributed by atoms with Gasteiger partial charge >= 0.3 is 5.97 Å². The number of aromatic nitrogens is 2. The molecule has 0 atom stereocenters. The number of hydrogen-bond acceptors (Lipinski definition) is 5. The molecular weight excluding hydrogens is 210 g/mol. The summed E-state index contributed by atoms with van der Waals surface area (Å²) in [5.74, 6) is -0.259. The van der Waals surface area contributed by atoms with Crippen LogP contribution in [0.2, 0.25) is 0 Å². The predicted octanol–water partition coefficient (Wildman–Crippen LogP) is -0.472. The molecule has 90 valence electrons. The standard InChI is InChI=1S/C10H17N3O3/c1-2-16-10(15)7-11-5-9-6-12-13(8-9)3-4-14/h6,8,11,14H,2-5,7H2,1H3. The highest BCUT2D eigenvalue weighted by molar-refractivity contribution is 5.71. The average molecular weight is 227 g/mol. The lowest BCUT2D eigenvalue weighted by molar-refractivity contribution is -0.142. The van der Waals surface area contributed by atoms with Crippen LogP contribution in [0.1, 0.15) is 12.5 Å². The maximum Gasteiger partial charge on any atom is 0.319 e. The number of nitrogens with one attached hydrogen (secondary N) is 1. The number of esters is 1. The number of nitrogens with zero attached hydrogens (tertiary/aromatic N) is 2. The molecule has 6 nitrogen and oxygen atoms in total. The molecule has 0 amide bonds. The number of aliphatic hydroxyl groups is 1. The van der Waals surface area contributed by atoms with Crippen LogP contribution in [0.5, 0.6) is 0 Å². The van der Waals surface area contributed by atoms with Crippen LogP contribution in [-0.4, -0.2) is 40.6 Å². The molecule has 0 bridgehead atoms. The van der Waals surface area contributed by atoms with Crippen LogP contribution in [0.4, 0.5) is 0 Å². The normalized spacial score (nSPS) is 10.4. The van der Waals surface area contributed by atoms with Crippen molar-refractivity contribution in [2.75, 3.05) is 19.8 Å². The maximum atomic E-state index is 11.0. The third kappa shape index (κ3) is 4.41. The van der Waals surface area contributed by atoms with E-state index in [9.17, 15) is 4.79 Å². The first kappa shape index (κ1) is 12.7. The van der Waals surface area contributed by atoms with Crippen molar-refractivity contribution in [2.24, 2.45) is 0 Å². The van der Waals surface area contributed by atoms with Crippen LogP contribution in [-0.2, 0) is 22.6 Å². The first-order valence-electron chi connectivity index (χ1n) is 5.24. The lowest BCUT2D eigenvalue weighted by Gasteiger charge is -2.02. The third-order valence-corrected chi connectivity index (χ3v) is 1.92. The summed E-state index contributed by atoms with van der Waals surface area (Å²) in [6.45, 7) is 3.48. The van der Waals surface area contributed by atoms with Crippen molar-refractivity contribution in [3.63, 3.8) is 0 Å². The Labute approximate surface area is 94.2 Å². The highest BCUT2D eigenvalue weighted by Crippen LogP contribution is 1.96. The molecule has 0 aliphatic carbocycles. The predicted molar refractivity (Wildman–Crippen MR) is 57.7 cm³/mol. The van der Waals surface area contributed by atoms with Gasteiger partial charge in [-0.25, -0.2) is 0 Å². The van der Waals surface area contributed by atoms with Gasteiger partial charge < -0.3 is 15.2 Å². The maximum absolute atomic E-state index is 11.0. The van der Waals surface area contributed by atoms with Gasteiger partial charge in [0.1, 0.15) is 0 Å². The second-order valence-corrected chi connectivity index (χ2v) is 3.24. The molecule has 1 aromatic heterocycles. The molecule has 0 aromatic carbocycles. The third-order valence-electron chi connectivity index (χ3n) is 1.92. The van der Waals surface area contributed by atoms with Gasteiger partial charge in [0.25, 0.3) is 0 Å². The van der Waals surface area contributed by atoms with Crippen molar-refractivity contribution in [1.82, 2.24) is 15.1 Å². The highest BCUT2D eigenvalue weighted by atomic mass is 16.5. The first-order valence-corrected chi connectivity index (χ1v) is 5.24. The molecule has 0 spiro atoms. The van der Waals surface area contributed by atoms with E-state index in [0.29, 0.717) is 19.7 Å². The van der Waals surface area contributed by atoms with Crippen LogP contribution in [0, 0.1) is 0 Å². The van der Waals surface area contributed by atoms with Crippen molar-refractivity contribution in [3.8, 4) is 0 Å². The Balaban J connectivity index is 2.23. The Bertz CT molecular complexity index is 325. The Morgan fingerprint density at radius 2 is 2.50 bits per heavy atom. The summed E-state index contributed by atoms with van der Waals surface area (Å²) >= 11 is 0. The summed E-state index contributed by atoms with van der Waals surface area (Å²) in [5, 5.41) is 15.7. The quantitative estimate of drug-likeness (QED) is 0.616. The Morgan fingerprint density at radius 1 is 1.69 bits per heavy atom. The molecule has 0 aliphatic rings. The number of carbonyl (C=O) groups excluding carboxylic acids is 1. The molecule has 16 heavy (non-hydrogen) atoms. The van der Waals surface area contributed by atoms with Gasteiger partial charge in [-0.15, -0.1) is 0 Å². The molecule has 0 aliphatic heterocycles. The number of carbonyl (C=O) groups is 1. The number of hydrogen-bond donors (Lipinski definition) is 2. The fourth-order valence-electron chi connectivity index (χ4n) is 1.24. The van der Waals surface area contributed by atoms with E-state index in [1.165, 1.54) is 0 Å². The molecule has 2 N–H and O–H groups in total. The summed E-state index contributed by atoms with van der Waals surface area (Å²) in [6.07, 6.45) is 3.53. The van der Waals surface area contributed by atoms with Crippen LogP contribution in [0.25, 0.3) is 0 Å². The second kappa shape index (κ2) is 6.97. The fraction of sp³-hybridized carbons (Fsp3) is 0.600. The molecule has 0 saturated carbocycles. The van der Waals surface area contributed by atoms with E-state index >= 15 is 0 Å². The number of ether oxygens (including phenoxy) is 1. The van der Waals surface area contributed by atoms with Gasteiger partial charge in [-0.3, -0.25) is 9.48 Å². The summed E-state index contributed by atoms with van der Waals surface area (Å²) < 4.78 is 6.42. The molecule has 0 unspecified atom stereocenters. The lowest BCUT2D eigenvalue weighted by atomic mass is 10.3. The highest BCUT2D eigenvalue weighted by Gasteiger charge is 2.02. The Kier molecular flexibility index (Phi) is 5.52. The van der Waals surface area contributed by atoms with E-state index in [4.69, 9.17) is 9.84 Å². The minimum Gasteiger partial charge on any atom is -0.465 e. The van der Waals surface area contributed by atoms with Crippen molar-refractivity contribution in [2.45, 2.75) is 20.0 Å². The summed E-state index contributed by atoms with van der Waals surface area (Å²) in [7, 11) is 0. The summed E-state index contributed by atoms with van der Waals surface area (Å²) in [5.41, 5.74) is 0.970. The molecular formula is C10H17N3O3. The molecule has 1 aromatic rings. The van der Waals surface area contributed by atoms with E-state index in [2.05, 4.69) is 10.4 Å². The molecule has 1 heterocycles. The minimum atomic E-state index is -0.259. The van der Waals surface area contributed by atoms with Crippen molar-refractivity contribution in [1.29, 1.82) is 0 Å². The van der Waals surface area contributed by atoms with Crippen molar-refractivity contribution >= 4 is 5.97 Å². The Morgan fingerprint density at radius 3 is 3.19 bits per heavy atom. The number of aliphatic hydroxyl groups excluding tert-OH is 1. The van der Waals surface area contributed by atoms with Gasteiger partial charge in [-0.2, -0.15) is 5.10 Å². The fourth-order valence-corrected chi connectivity index (χ4v) is 1.24. The van der Waals surface area contributed by atoms with Gasteiger partial charge in [0.2, 0.25) is 0 Å². The van der Waals surface area contributed by atoms with Crippen LogP contribution < -0.4 is 5.32 Å². The molecule has 0 fully saturated rings. The first-order chi connectivity index (χ1) is 7.76. The SMILES string of the molecule is CCOC(=O)CNCc1cnn(CCO)c1. The van der Waals surface area contributed by atoms with Crippen molar-refractivity contribution < 1.29 is 14.6 Å². The minimum absolute atomic E-state index is 0.0668. The Hall–Kier alpha value is -1.40.